The summed E-state index contributed by atoms with van der Waals surface area (Å²) in [6.45, 7) is -0.181. The molecule has 10 nitrogen and oxygen atoms in total. The normalized spacial score (nSPS) is 14.5. The van der Waals surface area contributed by atoms with Crippen LogP contribution in [0, 0.1) is 10.1 Å². The van der Waals surface area contributed by atoms with Gasteiger partial charge in [0.1, 0.15) is 12.9 Å². The van der Waals surface area contributed by atoms with Gasteiger partial charge in [0.2, 0.25) is 5.91 Å². The van der Waals surface area contributed by atoms with Crippen LogP contribution in [0.1, 0.15) is 32.1 Å². The predicted molar refractivity (Wildman–Crippen MR) is 95.7 cm³/mol. The summed E-state index contributed by atoms with van der Waals surface area (Å²) in [6.07, 6.45) is 6.54. The van der Waals surface area contributed by atoms with Crippen molar-refractivity contribution in [2.75, 3.05) is 0 Å². The molecule has 1 heterocycles. The van der Waals surface area contributed by atoms with E-state index in [4.69, 9.17) is 0 Å². The summed E-state index contributed by atoms with van der Waals surface area (Å²) in [6, 6.07) is 5.51. The highest BCUT2D eigenvalue weighted by Crippen LogP contribution is 2.20. The average molecular weight is 372 g/mol. The second kappa shape index (κ2) is 8.39. The van der Waals surface area contributed by atoms with Crippen LogP contribution in [0.2, 0.25) is 0 Å². The molecule has 0 bridgehead atoms. The van der Waals surface area contributed by atoms with Crippen molar-refractivity contribution in [3.05, 3.63) is 40.7 Å². The number of amides is 3. The third-order valence-corrected chi connectivity index (χ3v) is 4.35. The maximum absolute atomic E-state index is 12.0. The zero-order valence-corrected chi connectivity index (χ0v) is 14.6. The molecule has 1 aromatic carbocycles. The van der Waals surface area contributed by atoms with E-state index >= 15 is 0 Å². The van der Waals surface area contributed by atoms with E-state index in [0.717, 1.165) is 25.7 Å². The minimum absolute atomic E-state index is 0.0685. The molecule has 0 unspecified atom stereocenters. The van der Waals surface area contributed by atoms with Gasteiger partial charge < -0.3 is 5.32 Å². The molecule has 10 heteroatoms. The van der Waals surface area contributed by atoms with Gasteiger partial charge in [-0.25, -0.2) is 14.5 Å². The number of carbonyl (C=O) groups excluding carboxylic acids is 2. The molecule has 3 amide bonds. The maximum atomic E-state index is 12.0. The number of benzene rings is 1. The van der Waals surface area contributed by atoms with E-state index in [1.165, 1.54) is 35.6 Å². The van der Waals surface area contributed by atoms with Crippen LogP contribution in [-0.2, 0) is 11.3 Å². The number of rotatable bonds is 5. The third kappa shape index (κ3) is 5.09. The Bertz CT molecular complexity index is 843. The van der Waals surface area contributed by atoms with E-state index in [9.17, 15) is 19.7 Å². The van der Waals surface area contributed by atoms with E-state index < -0.39 is 16.9 Å². The van der Waals surface area contributed by atoms with Gasteiger partial charge in [-0.3, -0.25) is 20.2 Å². The van der Waals surface area contributed by atoms with Crippen LogP contribution in [0.15, 0.2) is 30.6 Å². The smallest absolute Gasteiger partial charge is 0.321 e. The minimum Gasteiger partial charge on any atom is -0.335 e. The Kier molecular flexibility index (Phi) is 5.74. The second-order valence-corrected chi connectivity index (χ2v) is 6.43. The molecule has 1 aliphatic rings. The largest absolute Gasteiger partial charge is 0.335 e. The minimum atomic E-state index is -0.515. The van der Waals surface area contributed by atoms with Crippen LogP contribution >= 0.6 is 0 Å². The maximum Gasteiger partial charge on any atom is 0.321 e. The summed E-state index contributed by atoms with van der Waals surface area (Å²) in [5.41, 5.74) is 0.402. The number of carbonyl (C=O) groups is 2. The van der Waals surface area contributed by atoms with Gasteiger partial charge in [-0.05, 0) is 12.8 Å². The number of non-ortho nitro benzene ring substituents is 1. The number of imide groups is 1. The lowest BCUT2D eigenvalue weighted by molar-refractivity contribution is -0.384. The molecule has 0 saturated heterocycles. The van der Waals surface area contributed by atoms with E-state index in [1.54, 1.807) is 6.07 Å². The van der Waals surface area contributed by atoms with Crippen molar-refractivity contribution in [1.82, 2.24) is 25.4 Å². The summed E-state index contributed by atoms with van der Waals surface area (Å²) in [7, 11) is 0. The van der Waals surface area contributed by atoms with Crippen LogP contribution in [0.4, 0.5) is 10.5 Å². The summed E-state index contributed by atoms with van der Waals surface area (Å²) in [5, 5.41) is 20.1. The summed E-state index contributed by atoms with van der Waals surface area (Å²) < 4.78 is 1.28. The summed E-state index contributed by atoms with van der Waals surface area (Å²) in [4.78, 5) is 38.3. The molecule has 142 valence electrons. The van der Waals surface area contributed by atoms with Gasteiger partial charge in [0, 0.05) is 23.7 Å². The first kappa shape index (κ1) is 18.5. The Labute approximate surface area is 155 Å². The molecular formula is C17H20N6O4. The first-order chi connectivity index (χ1) is 13.0. The van der Waals surface area contributed by atoms with Gasteiger partial charge >= 0.3 is 6.03 Å². The molecular weight excluding hydrogens is 352 g/mol. The second-order valence-electron chi connectivity index (χ2n) is 6.43. The Morgan fingerprint density at radius 3 is 2.78 bits per heavy atom. The lowest BCUT2D eigenvalue weighted by Gasteiger charge is -2.22. The van der Waals surface area contributed by atoms with Crippen LogP contribution in [0.3, 0.4) is 0 Å². The lowest BCUT2D eigenvalue weighted by atomic mass is 9.96. The molecule has 1 aliphatic carbocycles. The number of nitrogens with one attached hydrogen (secondary N) is 2. The standard InChI is InChI=1S/C17H20N6O4/c24-15(20-17(25)19-13-6-2-1-3-7-13)10-22-11-18-16(21-22)12-5-4-8-14(9-12)23(26)27/h4-5,8-9,11,13H,1-3,6-7,10H2,(H2,19,20,24,25). The molecule has 2 N–H and O–H groups in total. The molecule has 1 saturated carbocycles. The van der Waals surface area contributed by atoms with E-state index in [0.29, 0.717) is 5.56 Å². The molecule has 0 radical (unpaired) electrons. The van der Waals surface area contributed by atoms with Crippen molar-refractivity contribution in [1.29, 1.82) is 0 Å². The van der Waals surface area contributed by atoms with Crippen LogP contribution in [0.25, 0.3) is 11.4 Å². The number of hydrogen-bond donors (Lipinski definition) is 2. The highest BCUT2D eigenvalue weighted by Gasteiger charge is 2.17. The summed E-state index contributed by atoms with van der Waals surface area (Å²) in [5.74, 6) is -0.253. The van der Waals surface area contributed by atoms with E-state index in [-0.39, 0.29) is 24.1 Å². The van der Waals surface area contributed by atoms with Crippen molar-refractivity contribution in [2.45, 2.75) is 44.7 Å². The van der Waals surface area contributed by atoms with E-state index in [1.807, 2.05) is 0 Å². The van der Waals surface area contributed by atoms with Crippen LogP contribution in [-0.4, -0.2) is 37.7 Å². The van der Waals surface area contributed by atoms with Crippen molar-refractivity contribution in [3.63, 3.8) is 0 Å². The zero-order valence-electron chi connectivity index (χ0n) is 14.6. The van der Waals surface area contributed by atoms with Crippen molar-refractivity contribution >= 4 is 17.6 Å². The predicted octanol–water partition coefficient (Wildman–Crippen LogP) is 2.01. The van der Waals surface area contributed by atoms with Crippen LogP contribution < -0.4 is 10.6 Å². The number of nitro groups is 1. The number of nitro benzene ring substituents is 1. The van der Waals surface area contributed by atoms with Gasteiger partial charge in [0.05, 0.1) is 4.92 Å². The topological polar surface area (TPSA) is 132 Å². The Hall–Kier alpha value is -3.30. The third-order valence-electron chi connectivity index (χ3n) is 4.35. The first-order valence-corrected chi connectivity index (χ1v) is 8.76. The monoisotopic (exact) mass is 372 g/mol. The molecule has 2 aromatic rings. The SMILES string of the molecule is O=C(Cn1cnc(-c2cccc([N+](=O)[O-])c2)n1)NC(=O)NC1CCCCC1. The highest BCUT2D eigenvalue weighted by atomic mass is 16.6. The number of hydrogen-bond acceptors (Lipinski definition) is 6. The van der Waals surface area contributed by atoms with Crippen molar-refractivity contribution in [2.24, 2.45) is 0 Å². The van der Waals surface area contributed by atoms with Gasteiger partial charge in [0.15, 0.2) is 5.82 Å². The Balaban J connectivity index is 1.55. The van der Waals surface area contributed by atoms with Crippen LogP contribution in [0.5, 0.6) is 0 Å². The fourth-order valence-corrected chi connectivity index (χ4v) is 3.04. The highest BCUT2D eigenvalue weighted by molar-refractivity contribution is 5.94. The first-order valence-electron chi connectivity index (χ1n) is 8.76. The molecule has 0 aliphatic heterocycles. The Morgan fingerprint density at radius 2 is 2.04 bits per heavy atom. The molecule has 27 heavy (non-hydrogen) atoms. The molecule has 3 rings (SSSR count). The average Bonchev–Trinajstić information content (AvgIpc) is 3.10. The van der Waals surface area contributed by atoms with Gasteiger partial charge in [-0.2, -0.15) is 5.10 Å². The fraction of sp³-hybridized carbons (Fsp3) is 0.412. The number of urea groups is 1. The van der Waals surface area contributed by atoms with Gasteiger partial charge in [0.25, 0.3) is 5.69 Å². The number of nitrogens with zero attached hydrogens (tertiary/aromatic N) is 4. The van der Waals surface area contributed by atoms with Gasteiger partial charge in [-0.1, -0.05) is 31.4 Å². The molecule has 0 atom stereocenters. The van der Waals surface area contributed by atoms with E-state index in [2.05, 4.69) is 20.7 Å². The fourth-order valence-electron chi connectivity index (χ4n) is 3.04. The van der Waals surface area contributed by atoms with Gasteiger partial charge in [-0.15, -0.1) is 0 Å². The molecule has 1 fully saturated rings. The zero-order chi connectivity index (χ0) is 19.2. The quantitative estimate of drug-likeness (QED) is 0.609. The van der Waals surface area contributed by atoms with Crippen molar-refractivity contribution < 1.29 is 14.5 Å². The summed E-state index contributed by atoms with van der Waals surface area (Å²) >= 11 is 0. The lowest BCUT2D eigenvalue weighted by Crippen LogP contribution is -2.46. The molecule has 1 aromatic heterocycles. The Morgan fingerprint density at radius 1 is 1.26 bits per heavy atom. The van der Waals surface area contributed by atoms with Crippen molar-refractivity contribution in [3.8, 4) is 11.4 Å². The molecule has 0 spiro atoms. The number of aromatic nitrogens is 3.